The number of hydrogen-bond acceptors (Lipinski definition) is 5. The second-order valence-corrected chi connectivity index (χ2v) is 9.92. The normalized spacial score (nSPS) is 12.1. The van der Waals surface area contributed by atoms with E-state index in [1.807, 2.05) is 10.3 Å². The van der Waals surface area contributed by atoms with E-state index in [4.69, 9.17) is 23.2 Å². The third kappa shape index (κ3) is 5.64. The highest BCUT2D eigenvalue weighted by Crippen LogP contribution is 2.17. The van der Waals surface area contributed by atoms with Crippen molar-refractivity contribution in [2.24, 2.45) is 0 Å². The van der Waals surface area contributed by atoms with Gasteiger partial charge in [-0.05, 0) is 48.5 Å². The van der Waals surface area contributed by atoms with Gasteiger partial charge in [0.2, 0.25) is 15.9 Å². The average Bonchev–Trinajstić information content (AvgIpc) is 2.61. The van der Waals surface area contributed by atoms with Gasteiger partial charge >= 0.3 is 0 Å². The molecule has 2 aromatic rings. The average molecular weight is 452 g/mol. The fraction of sp³-hybridized carbons (Fsp3) is 0.133. The Morgan fingerprint density at radius 2 is 1.33 bits per heavy atom. The summed E-state index contributed by atoms with van der Waals surface area (Å²) < 4.78 is 49.7. The van der Waals surface area contributed by atoms with Gasteiger partial charge in [0.15, 0.2) is 0 Å². The van der Waals surface area contributed by atoms with Crippen molar-refractivity contribution in [3.8, 4) is 0 Å². The van der Waals surface area contributed by atoms with E-state index in [1.54, 1.807) is 0 Å². The number of hydrogen-bond donors (Lipinski definition) is 2. The summed E-state index contributed by atoms with van der Waals surface area (Å²) in [5.41, 5.74) is 1.96. The van der Waals surface area contributed by atoms with E-state index >= 15 is 0 Å². The molecule has 2 rings (SSSR count). The van der Waals surface area contributed by atoms with E-state index in [0.29, 0.717) is 10.0 Å². The van der Waals surface area contributed by atoms with Crippen LogP contribution in [0.25, 0.3) is 0 Å². The van der Waals surface area contributed by atoms with Gasteiger partial charge in [0.05, 0.1) is 16.3 Å². The fourth-order valence-electron chi connectivity index (χ4n) is 1.91. The van der Waals surface area contributed by atoms with Crippen LogP contribution in [-0.4, -0.2) is 40.6 Å². The predicted molar refractivity (Wildman–Crippen MR) is 101 cm³/mol. The Morgan fingerprint density at radius 1 is 0.889 bits per heavy atom. The molecule has 0 aliphatic heterocycles. The lowest BCUT2D eigenvalue weighted by molar-refractivity contribution is -0.121. The summed E-state index contributed by atoms with van der Waals surface area (Å²) in [5.74, 6) is -0.868. The van der Waals surface area contributed by atoms with Crippen LogP contribution in [0.2, 0.25) is 10.0 Å². The molecule has 2 aromatic carbocycles. The zero-order chi connectivity index (χ0) is 20.2. The lowest BCUT2D eigenvalue weighted by atomic mass is 10.4. The van der Waals surface area contributed by atoms with Gasteiger partial charge in [0.1, 0.15) is 0 Å². The molecule has 27 heavy (non-hydrogen) atoms. The largest absolute Gasteiger partial charge is 0.276 e. The van der Waals surface area contributed by atoms with Crippen molar-refractivity contribution >= 4 is 49.2 Å². The summed E-state index contributed by atoms with van der Waals surface area (Å²) in [7, 11) is -6.77. The molecular formula is C15H15Cl2N3O5S2. The van der Waals surface area contributed by atoms with E-state index in [9.17, 15) is 21.6 Å². The number of likely N-dealkylation sites (N-methyl/N-ethyl adjacent to an activating group) is 1. The number of rotatable bonds is 7. The highest BCUT2D eigenvalue weighted by Gasteiger charge is 2.23. The molecule has 12 heteroatoms. The molecule has 0 saturated carbocycles. The Kier molecular flexibility index (Phi) is 6.84. The number of nitrogens with one attached hydrogen (secondary N) is 2. The highest BCUT2D eigenvalue weighted by atomic mass is 35.5. The lowest BCUT2D eigenvalue weighted by Gasteiger charge is -2.17. The molecule has 0 unspecified atom stereocenters. The molecule has 0 heterocycles. The highest BCUT2D eigenvalue weighted by molar-refractivity contribution is 7.89. The molecule has 0 aromatic heterocycles. The number of nitrogens with zero attached hydrogens (tertiary/aromatic N) is 1. The third-order valence-corrected chi connectivity index (χ3v) is 6.92. The number of amides is 1. The standard InChI is InChI=1S/C15H15Cl2N3O5S2/c1-20(27(24,25)14-8-4-12(17)5-9-14)10-15(21)18-19-26(22,23)13-6-2-11(16)3-7-13/h2-9,19H,10H2,1H3,(H,18,21). The van der Waals surface area contributed by atoms with E-state index < -0.39 is 32.5 Å². The molecule has 0 bridgehead atoms. The van der Waals surface area contributed by atoms with Gasteiger partial charge < -0.3 is 0 Å². The van der Waals surface area contributed by atoms with Gasteiger partial charge in [-0.2, -0.15) is 4.31 Å². The smallest absolute Gasteiger partial charge is 0.257 e. The summed E-state index contributed by atoms with van der Waals surface area (Å²) in [6.45, 7) is -0.603. The Hall–Kier alpha value is -1.69. The fourth-order valence-corrected chi connectivity index (χ4v) is 4.15. The maximum Gasteiger partial charge on any atom is 0.257 e. The SMILES string of the molecule is CN(CC(=O)NNS(=O)(=O)c1ccc(Cl)cc1)S(=O)(=O)c1ccc(Cl)cc1. The van der Waals surface area contributed by atoms with Crippen LogP contribution < -0.4 is 10.3 Å². The Balaban J connectivity index is 2.00. The molecular weight excluding hydrogens is 437 g/mol. The first-order valence-corrected chi connectivity index (χ1v) is 11.0. The van der Waals surface area contributed by atoms with Gasteiger partial charge in [-0.1, -0.05) is 23.2 Å². The Bertz CT molecular complexity index is 1020. The van der Waals surface area contributed by atoms with E-state index in [1.165, 1.54) is 55.6 Å². The predicted octanol–water partition coefficient (Wildman–Crippen LogP) is 1.62. The van der Waals surface area contributed by atoms with Crippen molar-refractivity contribution in [3.63, 3.8) is 0 Å². The van der Waals surface area contributed by atoms with Crippen molar-refractivity contribution in [2.45, 2.75) is 9.79 Å². The van der Waals surface area contributed by atoms with Crippen LogP contribution in [-0.2, 0) is 24.8 Å². The monoisotopic (exact) mass is 451 g/mol. The van der Waals surface area contributed by atoms with E-state index in [2.05, 4.69) is 0 Å². The van der Waals surface area contributed by atoms with Gasteiger partial charge in [-0.15, -0.1) is 4.83 Å². The molecule has 0 atom stereocenters. The third-order valence-electron chi connectivity index (χ3n) is 3.34. The van der Waals surface area contributed by atoms with Gasteiger partial charge in [0, 0.05) is 17.1 Å². The van der Waals surface area contributed by atoms with Crippen LogP contribution in [0.5, 0.6) is 0 Å². The molecule has 8 nitrogen and oxygen atoms in total. The number of carbonyl (C=O) groups excluding carboxylic acids is 1. The van der Waals surface area contributed by atoms with Crippen molar-refractivity contribution in [3.05, 3.63) is 58.6 Å². The second kappa shape index (κ2) is 8.55. The summed E-state index contributed by atoms with van der Waals surface area (Å²) in [6, 6.07) is 10.7. The lowest BCUT2D eigenvalue weighted by Crippen LogP contribution is -2.46. The first-order chi connectivity index (χ1) is 12.5. The van der Waals surface area contributed by atoms with Crippen LogP contribution in [0.4, 0.5) is 0 Å². The zero-order valence-electron chi connectivity index (χ0n) is 13.9. The molecule has 146 valence electrons. The second-order valence-electron chi connectivity index (χ2n) is 5.32. The number of carbonyl (C=O) groups is 1. The first kappa shape index (κ1) is 21.6. The topological polar surface area (TPSA) is 113 Å². The minimum Gasteiger partial charge on any atom is -0.276 e. The molecule has 2 N–H and O–H groups in total. The Morgan fingerprint density at radius 3 is 1.81 bits per heavy atom. The quantitative estimate of drug-likeness (QED) is 0.620. The van der Waals surface area contributed by atoms with Crippen LogP contribution in [0.15, 0.2) is 58.3 Å². The minimum absolute atomic E-state index is 0.0519. The van der Waals surface area contributed by atoms with Crippen LogP contribution in [0.3, 0.4) is 0 Å². The maximum atomic E-state index is 12.4. The number of benzene rings is 2. The molecule has 0 spiro atoms. The molecule has 0 radical (unpaired) electrons. The summed E-state index contributed by atoms with van der Waals surface area (Å²) >= 11 is 11.4. The molecule has 0 aliphatic carbocycles. The molecule has 0 saturated heterocycles. The van der Waals surface area contributed by atoms with Gasteiger partial charge in [0.25, 0.3) is 10.0 Å². The van der Waals surface area contributed by atoms with Crippen LogP contribution in [0, 0.1) is 0 Å². The summed E-state index contributed by atoms with van der Waals surface area (Å²) in [5, 5.41) is 0.720. The zero-order valence-corrected chi connectivity index (χ0v) is 17.0. The van der Waals surface area contributed by atoms with Crippen molar-refractivity contribution in [2.75, 3.05) is 13.6 Å². The van der Waals surface area contributed by atoms with Gasteiger partial charge in [-0.25, -0.2) is 16.8 Å². The van der Waals surface area contributed by atoms with E-state index in [-0.39, 0.29) is 9.79 Å². The van der Waals surface area contributed by atoms with Crippen LogP contribution in [0.1, 0.15) is 0 Å². The minimum atomic E-state index is -4.02. The molecule has 1 amide bonds. The molecule has 0 aliphatic rings. The number of sulfonamides is 2. The summed E-state index contributed by atoms with van der Waals surface area (Å²) in [4.78, 5) is 13.7. The molecule has 0 fully saturated rings. The number of halogens is 2. The van der Waals surface area contributed by atoms with Crippen LogP contribution >= 0.6 is 23.2 Å². The van der Waals surface area contributed by atoms with Crippen molar-refractivity contribution < 1.29 is 21.6 Å². The Labute approximate surface area is 167 Å². The maximum absolute atomic E-state index is 12.4. The first-order valence-electron chi connectivity index (χ1n) is 7.30. The van der Waals surface area contributed by atoms with E-state index in [0.717, 1.165) is 4.31 Å². The van der Waals surface area contributed by atoms with Crippen molar-refractivity contribution in [1.29, 1.82) is 0 Å². The summed E-state index contributed by atoms with van der Waals surface area (Å²) in [6.07, 6.45) is 0. The van der Waals surface area contributed by atoms with Gasteiger partial charge in [-0.3, -0.25) is 10.2 Å². The van der Waals surface area contributed by atoms with Crippen molar-refractivity contribution in [1.82, 2.24) is 14.6 Å². The number of hydrazine groups is 1.